The monoisotopic (exact) mass is 218 g/mol. The molecule has 4 nitrogen and oxygen atoms in total. The number of rotatable bonds is 6. The average Bonchev–Trinajstić information content (AvgIpc) is 2.02. The van der Waals surface area contributed by atoms with Gasteiger partial charge in [-0.25, -0.2) is 4.79 Å². The molecule has 0 atom stereocenters. The summed E-state index contributed by atoms with van der Waals surface area (Å²) in [7, 11) is 0. The van der Waals surface area contributed by atoms with Crippen molar-refractivity contribution < 1.29 is 19.0 Å². The molecule has 15 heavy (non-hydrogen) atoms. The van der Waals surface area contributed by atoms with Crippen LogP contribution >= 0.6 is 0 Å². The molecule has 0 aromatic rings. The molecule has 0 bridgehead atoms. The van der Waals surface area contributed by atoms with Crippen molar-refractivity contribution >= 4 is 5.97 Å². The Balaban J connectivity index is -0.000000720. The van der Waals surface area contributed by atoms with Crippen LogP contribution in [0.3, 0.4) is 0 Å². The van der Waals surface area contributed by atoms with Crippen LogP contribution in [0, 0.1) is 0 Å². The highest BCUT2D eigenvalue weighted by molar-refractivity contribution is 5.86. The number of allylic oxidation sites excluding steroid dienone is 1. The highest BCUT2D eigenvalue weighted by Gasteiger charge is 2.01. The van der Waals surface area contributed by atoms with Gasteiger partial charge >= 0.3 is 5.97 Å². The van der Waals surface area contributed by atoms with Gasteiger partial charge < -0.3 is 14.2 Å². The maximum atomic E-state index is 10.8. The lowest BCUT2D eigenvalue weighted by molar-refractivity contribution is -0.160. The highest BCUT2D eigenvalue weighted by atomic mass is 16.7. The first-order chi connectivity index (χ1) is 6.04. The van der Waals surface area contributed by atoms with Crippen molar-refractivity contribution in [2.24, 2.45) is 0 Å². The zero-order chi connectivity index (χ0) is 10.3. The first-order valence-corrected chi connectivity index (χ1v) is 3.72. The van der Waals surface area contributed by atoms with Gasteiger partial charge in [0.05, 0.1) is 5.76 Å². The lowest BCUT2D eigenvalue weighted by atomic mass is 10.4. The van der Waals surface area contributed by atoms with E-state index in [0.29, 0.717) is 11.3 Å². The Morgan fingerprint density at radius 2 is 1.53 bits per heavy atom. The summed E-state index contributed by atoms with van der Waals surface area (Å²) in [5.74, 6) is 0.0709. The van der Waals surface area contributed by atoms with Crippen LogP contribution in [0.25, 0.3) is 0 Å². The third-order valence-electron chi connectivity index (χ3n) is 1.01. The Morgan fingerprint density at radius 3 is 1.93 bits per heavy atom. The van der Waals surface area contributed by atoms with Crippen LogP contribution in [0.2, 0.25) is 0 Å². The number of carbonyl (C=O) groups is 1. The summed E-state index contributed by atoms with van der Waals surface area (Å²) >= 11 is 0. The molecule has 0 aromatic heterocycles. The summed E-state index contributed by atoms with van der Waals surface area (Å²) in [5, 5.41) is 0. The highest BCUT2D eigenvalue weighted by Crippen LogP contribution is 1.93. The Bertz CT molecular complexity index is 209. The third-order valence-corrected chi connectivity index (χ3v) is 1.01. The summed E-state index contributed by atoms with van der Waals surface area (Å²) in [6.07, 6.45) is 0. The van der Waals surface area contributed by atoms with E-state index >= 15 is 0 Å². The van der Waals surface area contributed by atoms with Crippen molar-refractivity contribution in [3.63, 3.8) is 0 Å². The van der Waals surface area contributed by atoms with Gasteiger partial charge in [0.2, 0.25) is 0 Å². The second-order valence-corrected chi connectivity index (χ2v) is 2.50. The summed E-state index contributed by atoms with van der Waals surface area (Å²) < 4.78 is 14.3. The molecule has 90 valence electrons. The lowest BCUT2D eigenvalue weighted by Gasteiger charge is -2.06. The molecule has 0 amide bonds. The van der Waals surface area contributed by atoms with Crippen LogP contribution in [0.1, 0.15) is 28.7 Å². The van der Waals surface area contributed by atoms with Gasteiger partial charge in [0.1, 0.15) is 0 Å². The molecule has 0 heterocycles. The SMILES string of the molecule is C.C.C=C(C)OCOCOC(=O)C(=C)C. The Kier molecular flexibility index (Phi) is 13.9. The van der Waals surface area contributed by atoms with Gasteiger partial charge in [0, 0.05) is 5.57 Å². The molecule has 0 unspecified atom stereocenters. The minimum atomic E-state index is -0.477. The van der Waals surface area contributed by atoms with E-state index in [1.165, 1.54) is 0 Å². The molecule has 0 radical (unpaired) electrons. The molecule has 4 heteroatoms. The maximum absolute atomic E-state index is 10.8. The van der Waals surface area contributed by atoms with Crippen molar-refractivity contribution in [2.45, 2.75) is 28.7 Å². The molecule has 0 aliphatic heterocycles. The smallest absolute Gasteiger partial charge is 0.335 e. The van der Waals surface area contributed by atoms with E-state index in [-0.39, 0.29) is 28.4 Å². The van der Waals surface area contributed by atoms with Gasteiger partial charge in [-0.15, -0.1) is 0 Å². The summed E-state index contributed by atoms with van der Waals surface area (Å²) in [6, 6.07) is 0. The topological polar surface area (TPSA) is 44.8 Å². The predicted octanol–water partition coefficient (Wildman–Crippen LogP) is 2.86. The van der Waals surface area contributed by atoms with Crippen LogP contribution in [0.4, 0.5) is 0 Å². The van der Waals surface area contributed by atoms with Crippen molar-refractivity contribution in [3.8, 4) is 0 Å². The van der Waals surface area contributed by atoms with Gasteiger partial charge in [0.15, 0.2) is 13.6 Å². The second-order valence-electron chi connectivity index (χ2n) is 2.50. The molecular formula is C11H22O4. The van der Waals surface area contributed by atoms with E-state index in [2.05, 4.69) is 17.9 Å². The van der Waals surface area contributed by atoms with Crippen molar-refractivity contribution in [2.75, 3.05) is 13.6 Å². The van der Waals surface area contributed by atoms with Gasteiger partial charge in [-0.3, -0.25) is 0 Å². The van der Waals surface area contributed by atoms with Crippen molar-refractivity contribution in [1.29, 1.82) is 0 Å². The van der Waals surface area contributed by atoms with Crippen LogP contribution < -0.4 is 0 Å². The number of hydrogen-bond acceptors (Lipinski definition) is 4. The lowest BCUT2D eigenvalue weighted by Crippen LogP contribution is -2.10. The van der Waals surface area contributed by atoms with Gasteiger partial charge in [-0.2, -0.15) is 0 Å². The Morgan fingerprint density at radius 1 is 1.07 bits per heavy atom. The molecule has 0 rings (SSSR count). The maximum Gasteiger partial charge on any atom is 0.335 e. The number of hydrogen-bond donors (Lipinski definition) is 0. The zero-order valence-electron chi connectivity index (χ0n) is 7.96. The number of ether oxygens (including phenoxy) is 3. The largest absolute Gasteiger partial charge is 0.473 e. The van der Waals surface area contributed by atoms with Crippen LogP contribution in [0.5, 0.6) is 0 Å². The van der Waals surface area contributed by atoms with E-state index in [0.717, 1.165) is 0 Å². The molecule has 0 N–H and O–H groups in total. The first-order valence-electron chi connectivity index (χ1n) is 3.72. The zero-order valence-corrected chi connectivity index (χ0v) is 7.96. The minimum absolute atomic E-state index is 0. The quantitative estimate of drug-likeness (QED) is 0.226. The van der Waals surface area contributed by atoms with Crippen LogP contribution in [0.15, 0.2) is 24.5 Å². The van der Waals surface area contributed by atoms with Crippen molar-refractivity contribution in [3.05, 3.63) is 24.5 Å². The van der Waals surface area contributed by atoms with Crippen LogP contribution in [-0.2, 0) is 19.0 Å². The molecule has 0 aliphatic carbocycles. The fraction of sp³-hybridized carbons (Fsp3) is 0.545. The van der Waals surface area contributed by atoms with Crippen LogP contribution in [-0.4, -0.2) is 19.6 Å². The third kappa shape index (κ3) is 12.7. The summed E-state index contributed by atoms with van der Waals surface area (Å²) in [5.41, 5.74) is 0.337. The van der Waals surface area contributed by atoms with Gasteiger partial charge in [-0.05, 0) is 13.8 Å². The first kappa shape index (κ1) is 19.3. The minimum Gasteiger partial charge on any atom is -0.473 e. The summed E-state index contributed by atoms with van der Waals surface area (Å²) in [4.78, 5) is 10.8. The molecule has 0 saturated carbocycles. The Hall–Kier alpha value is -1.29. The molecule has 0 spiro atoms. The number of carbonyl (C=O) groups excluding carboxylic acids is 1. The van der Waals surface area contributed by atoms with Gasteiger partial charge in [-0.1, -0.05) is 28.0 Å². The van der Waals surface area contributed by atoms with E-state index < -0.39 is 5.97 Å². The molecule has 0 fully saturated rings. The Labute approximate surface area is 92.5 Å². The number of esters is 1. The average molecular weight is 218 g/mol. The molecule has 0 aliphatic rings. The van der Waals surface area contributed by atoms with Crippen molar-refractivity contribution in [1.82, 2.24) is 0 Å². The fourth-order valence-electron chi connectivity index (χ4n) is 0.395. The van der Waals surface area contributed by atoms with E-state index in [1.807, 2.05) is 0 Å². The molecular weight excluding hydrogens is 196 g/mol. The molecule has 0 aromatic carbocycles. The normalized spacial score (nSPS) is 7.87. The van der Waals surface area contributed by atoms with E-state index in [9.17, 15) is 4.79 Å². The van der Waals surface area contributed by atoms with Gasteiger partial charge in [0.25, 0.3) is 0 Å². The second kappa shape index (κ2) is 10.8. The van der Waals surface area contributed by atoms with E-state index in [4.69, 9.17) is 9.47 Å². The molecule has 0 saturated heterocycles. The standard InChI is InChI=1S/C9H14O4.2CH4/c1-7(2)9(10)13-6-11-5-12-8(3)4;;/h1,3,5-6H2,2,4H3;2*1H4. The predicted molar refractivity (Wildman–Crippen MR) is 61.1 cm³/mol. The van der Waals surface area contributed by atoms with E-state index in [1.54, 1.807) is 13.8 Å². The fourth-order valence-corrected chi connectivity index (χ4v) is 0.395. The summed E-state index contributed by atoms with van der Waals surface area (Å²) in [6.45, 7) is 10.0.